The zero-order chi connectivity index (χ0) is 11.1. The van der Waals surface area contributed by atoms with Crippen LogP contribution in [-0.4, -0.2) is 25.7 Å². The highest BCUT2D eigenvalue weighted by Crippen LogP contribution is 2.03. The van der Waals surface area contributed by atoms with Gasteiger partial charge in [0.05, 0.1) is 0 Å². The molecule has 0 fully saturated rings. The van der Waals surface area contributed by atoms with Gasteiger partial charge in [0.25, 0.3) is 0 Å². The quantitative estimate of drug-likeness (QED) is 0.592. The molecule has 0 aliphatic heterocycles. The molecule has 0 bridgehead atoms. The summed E-state index contributed by atoms with van der Waals surface area (Å²) in [5.74, 6) is 0. The monoisotopic (exact) mass is 207 g/mol. The van der Waals surface area contributed by atoms with Gasteiger partial charge in [0.1, 0.15) is 0 Å². The van der Waals surface area contributed by atoms with Crippen LogP contribution in [0.1, 0.15) is 11.1 Å². The summed E-state index contributed by atoms with van der Waals surface area (Å²) in [5, 5.41) is 3.30. The number of nitrogens with one attached hydrogen (secondary N) is 1. The predicted molar refractivity (Wildman–Crippen MR) is 64.8 cm³/mol. The Morgan fingerprint density at radius 2 is 2.20 bits per heavy atom. The molecule has 0 heterocycles. The zero-order valence-electron chi connectivity index (χ0n) is 9.37. The molecular weight excluding hydrogens is 186 g/mol. The van der Waals surface area contributed by atoms with Crippen LogP contribution in [0.4, 0.5) is 0 Å². The first-order valence-electron chi connectivity index (χ1n) is 5.44. The maximum absolute atomic E-state index is 5.69. The fourth-order valence-corrected chi connectivity index (χ4v) is 1.47. The van der Waals surface area contributed by atoms with Gasteiger partial charge in [-0.2, -0.15) is 0 Å². The molecule has 0 spiro atoms. The Morgan fingerprint density at radius 3 is 2.87 bits per heavy atom. The highest BCUT2D eigenvalue weighted by molar-refractivity contribution is 5.22. The van der Waals surface area contributed by atoms with Crippen molar-refractivity contribution < 1.29 is 0 Å². The molecule has 15 heavy (non-hydrogen) atoms. The summed E-state index contributed by atoms with van der Waals surface area (Å²) >= 11 is 0. The van der Waals surface area contributed by atoms with Crippen molar-refractivity contribution in [1.29, 1.82) is 0 Å². The first-order chi connectivity index (χ1) is 7.22. The lowest BCUT2D eigenvalue weighted by Gasteiger charge is -2.10. The highest BCUT2D eigenvalue weighted by atomic mass is 14.9. The Hall–Kier alpha value is -0.900. The van der Waals surface area contributed by atoms with Crippen LogP contribution in [0.3, 0.4) is 0 Å². The van der Waals surface area contributed by atoms with Gasteiger partial charge in [-0.25, -0.2) is 0 Å². The van der Waals surface area contributed by atoms with E-state index in [0.717, 1.165) is 19.5 Å². The number of nitrogens with two attached hydrogens (primary N) is 2. The first-order valence-corrected chi connectivity index (χ1v) is 5.44. The Balaban J connectivity index is 2.20. The minimum absolute atomic E-state index is 0.0718. The lowest BCUT2D eigenvalue weighted by atomic mass is 10.1. The molecular formula is C12H21N3. The summed E-state index contributed by atoms with van der Waals surface area (Å²) in [6, 6.07) is 8.64. The standard InChI is InChI=1S/C12H21N3/c1-10-3-2-4-11(7-10)5-6-15-9-12(14)8-13/h2-4,7,12,15H,5-6,8-9,13-14H2,1H3. The summed E-state index contributed by atoms with van der Waals surface area (Å²) in [6.45, 7) is 4.40. The maximum atomic E-state index is 5.69. The van der Waals surface area contributed by atoms with E-state index >= 15 is 0 Å². The van der Waals surface area contributed by atoms with E-state index in [-0.39, 0.29) is 6.04 Å². The number of rotatable bonds is 6. The SMILES string of the molecule is Cc1cccc(CCNCC(N)CN)c1. The lowest BCUT2D eigenvalue weighted by molar-refractivity contribution is 0.583. The van der Waals surface area contributed by atoms with E-state index in [9.17, 15) is 0 Å². The molecule has 1 atom stereocenters. The number of hydrogen-bond donors (Lipinski definition) is 3. The predicted octanol–water partition coefficient (Wildman–Crippen LogP) is 0.413. The molecule has 0 aromatic heterocycles. The minimum atomic E-state index is 0.0718. The van der Waals surface area contributed by atoms with Gasteiger partial charge in [0.15, 0.2) is 0 Å². The van der Waals surface area contributed by atoms with E-state index in [0.29, 0.717) is 6.54 Å². The van der Waals surface area contributed by atoms with E-state index in [4.69, 9.17) is 11.5 Å². The van der Waals surface area contributed by atoms with Crippen molar-refractivity contribution in [3.8, 4) is 0 Å². The van der Waals surface area contributed by atoms with Crippen molar-refractivity contribution >= 4 is 0 Å². The number of hydrogen-bond acceptors (Lipinski definition) is 3. The van der Waals surface area contributed by atoms with E-state index in [1.54, 1.807) is 0 Å². The molecule has 0 radical (unpaired) electrons. The Morgan fingerprint density at radius 1 is 1.40 bits per heavy atom. The average Bonchev–Trinajstić information content (AvgIpc) is 2.24. The second kappa shape index (κ2) is 6.56. The molecule has 1 aromatic carbocycles. The van der Waals surface area contributed by atoms with Crippen LogP contribution < -0.4 is 16.8 Å². The van der Waals surface area contributed by atoms with Crippen molar-refractivity contribution in [2.75, 3.05) is 19.6 Å². The van der Waals surface area contributed by atoms with Gasteiger partial charge in [-0.3, -0.25) is 0 Å². The molecule has 1 aromatic rings. The summed E-state index contributed by atoms with van der Waals surface area (Å²) in [6.07, 6.45) is 1.04. The summed E-state index contributed by atoms with van der Waals surface area (Å²) in [5.41, 5.74) is 13.8. The third-order valence-corrected chi connectivity index (χ3v) is 2.38. The second-order valence-electron chi connectivity index (χ2n) is 3.94. The minimum Gasteiger partial charge on any atom is -0.329 e. The highest BCUT2D eigenvalue weighted by Gasteiger charge is 1.98. The number of aryl methyl sites for hydroxylation is 1. The van der Waals surface area contributed by atoms with E-state index in [1.807, 2.05) is 0 Å². The normalized spacial score (nSPS) is 12.7. The number of benzene rings is 1. The van der Waals surface area contributed by atoms with Crippen LogP contribution in [0.5, 0.6) is 0 Å². The van der Waals surface area contributed by atoms with E-state index in [1.165, 1.54) is 11.1 Å². The average molecular weight is 207 g/mol. The molecule has 84 valence electrons. The molecule has 1 rings (SSSR count). The van der Waals surface area contributed by atoms with Gasteiger partial charge >= 0.3 is 0 Å². The van der Waals surface area contributed by atoms with Crippen LogP contribution >= 0.6 is 0 Å². The van der Waals surface area contributed by atoms with Crippen LogP contribution in [-0.2, 0) is 6.42 Å². The molecule has 0 saturated heterocycles. The van der Waals surface area contributed by atoms with Crippen LogP contribution in [0, 0.1) is 6.92 Å². The van der Waals surface area contributed by atoms with Crippen molar-refractivity contribution in [2.45, 2.75) is 19.4 Å². The van der Waals surface area contributed by atoms with Crippen molar-refractivity contribution in [3.63, 3.8) is 0 Å². The zero-order valence-corrected chi connectivity index (χ0v) is 9.37. The van der Waals surface area contributed by atoms with Gasteiger partial charge in [-0.05, 0) is 25.5 Å². The molecule has 5 N–H and O–H groups in total. The third kappa shape index (κ3) is 4.93. The van der Waals surface area contributed by atoms with Crippen molar-refractivity contribution in [1.82, 2.24) is 5.32 Å². The molecule has 1 unspecified atom stereocenters. The molecule has 0 saturated carbocycles. The fraction of sp³-hybridized carbons (Fsp3) is 0.500. The molecule has 0 aliphatic carbocycles. The van der Waals surface area contributed by atoms with Gasteiger partial charge in [-0.15, -0.1) is 0 Å². The van der Waals surface area contributed by atoms with Crippen LogP contribution in [0.25, 0.3) is 0 Å². The third-order valence-electron chi connectivity index (χ3n) is 2.38. The van der Waals surface area contributed by atoms with Crippen molar-refractivity contribution in [3.05, 3.63) is 35.4 Å². The second-order valence-corrected chi connectivity index (χ2v) is 3.94. The van der Waals surface area contributed by atoms with Gasteiger partial charge in [0, 0.05) is 19.1 Å². The Labute approximate surface area is 91.9 Å². The summed E-state index contributed by atoms with van der Waals surface area (Å²) in [7, 11) is 0. The molecule has 3 heteroatoms. The maximum Gasteiger partial charge on any atom is 0.0290 e. The van der Waals surface area contributed by atoms with Crippen LogP contribution in [0.2, 0.25) is 0 Å². The van der Waals surface area contributed by atoms with Gasteiger partial charge < -0.3 is 16.8 Å². The van der Waals surface area contributed by atoms with Crippen molar-refractivity contribution in [2.24, 2.45) is 11.5 Å². The van der Waals surface area contributed by atoms with Gasteiger partial charge in [-0.1, -0.05) is 29.8 Å². The summed E-state index contributed by atoms with van der Waals surface area (Å²) in [4.78, 5) is 0. The molecule has 0 aliphatic rings. The van der Waals surface area contributed by atoms with Crippen LogP contribution in [0.15, 0.2) is 24.3 Å². The van der Waals surface area contributed by atoms with E-state index in [2.05, 4.69) is 36.5 Å². The lowest BCUT2D eigenvalue weighted by Crippen LogP contribution is -2.40. The van der Waals surface area contributed by atoms with E-state index < -0.39 is 0 Å². The fourth-order valence-electron chi connectivity index (χ4n) is 1.47. The topological polar surface area (TPSA) is 64.1 Å². The molecule has 3 nitrogen and oxygen atoms in total. The smallest absolute Gasteiger partial charge is 0.0290 e. The molecule has 0 amide bonds. The van der Waals surface area contributed by atoms with Gasteiger partial charge in [0.2, 0.25) is 0 Å². The largest absolute Gasteiger partial charge is 0.329 e. The first kappa shape index (κ1) is 12.2. The summed E-state index contributed by atoms with van der Waals surface area (Å²) < 4.78 is 0. The Bertz CT molecular complexity index is 286. The Kier molecular flexibility index (Phi) is 5.32.